The number of likely N-dealkylation sites (tertiary alicyclic amines) is 1. The number of aliphatic carboxylic acids is 1. The van der Waals surface area contributed by atoms with Crippen LogP contribution in [0.3, 0.4) is 0 Å². The monoisotopic (exact) mass is 253 g/mol. The molecule has 2 fully saturated rings. The summed E-state index contributed by atoms with van der Waals surface area (Å²) < 4.78 is 0. The van der Waals surface area contributed by atoms with Gasteiger partial charge < -0.3 is 5.11 Å². The quantitative estimate of drug-likeness (QED) is 0.822. The molecule has 1 aliphatic heterocycles. The molecule has 2 rings (SSSR count). The fraction of sp³-hybridized carbons (Fsp3) is 0.933. The van der Waals surface area contributed by atoms with Gasteiger partial charge in [-0.25, -0.2) is 0 Å². The smallest absolute Gasteiger partial charge is 0.308 e. The van der Waals surface area contributed by atoms with Crippen molar-refractivity contribution in [2.45, 2.75) is 53.0 Å². The van der Waals surface area contributed by atoms with E-state index in [1.165, 1.54) is 19.3 Å². The van der Waals surface area contributed by atoms with Crippen LogP contribution < -0.4 is 0 Å². The van der Waals surface area contributed by atoms with Gasteiger partial charge in [0.05, 0.1) is 5.92 Å². The molecular formula is C15H27NO2. The molecule has 0 aromatic rings. The molecule has 4 atom stereocenters. The second-order valence-electron chi connectivity index (χ2n) is 7.44. The highest BCUT2D eigenvalue weighted by atomic mass is 16.4. The van der Waals surface area contributed by atoms with Gasteiger partial charge in [-0.15, -0.1) is 0 Å². The van der Waals surface area contributed by atoms with Crippen LogP contribution in [0.2, 0.25) is 0 Å². The van der Waals surface area contributed by atoms with Crippen molar-refractivity contribution in [2.24, 2.45) is 23.2 Å². The Hall–Kier alpha value is -0.570. The van der Waals surface area contributed by atoms with E-state index in [2.05, 4.69) is 32.6 Å². The van der Waals surface area contributed by atoms with E-state index in [0.717, 1.165) is 19.0 Å². The molecule has 0 radical (unpaired) electrons. The minimum atomic E-state index is -0.617. The highest BCUT2D eigenvalue weighted by molar-refractivity contribution is 5.71. The van der Waals surface area contributed by atoms with Crippen LogP contribution in [0.5, 0.6) is 0 Å². The zero-order valence-corrected chi connectivity index (χ0v) is 12.1. The molecule has 0 aromatic carbocycles. The number of rotatable bonds is 2. The number of carboxylic acids is 1. The van der Waals surface area contributed by atoms with E-state index in [0.29, 0.717) is 17.4 Å². The van der Waals surface area contributed by atoms with Gasteiger partial charge in [0.25, 0.3) is 0 Å². The van der Waals surface area contributed by atoms with Gasteiger partial charge in [-0.3, -0.25) is 9.69 Å². The maximum absolute atomic E-state index is 11.2. The highest BCUT2D eigenvalue weighted by Crippen LogP contribution is 2.42. The van der Waals surface area contributed by atoms with Gasteiger partial charge in [0.2, 0.25) is 0 Å². The van der Waals surface area contributed by atoms with Crippen LogP contribution in [0, 0.1) is 23.2 Å². The third kappa shape index (κ3) is 2.87. The Bertz CT molecular complexity index is 326. The number of nitrogens with zero attached hydrogens (tertiary/aromatic N) is 1. The third-order valence-corrected chi connectivity index (χ3v) is 4.84. The van der Waals surface area contributed by atoms with Crippen molar-refractivity contribution in [2.75, 3.05) is 13.1 Å². The fourth-order valence-corrected chi connectivity index (χ4v) is 4.20. The zero-order chi connectivity index (χ0) is 13.5. The summed E-state index contributed by atoms with van der Waals surface area (Å²) in [6.45, 7) is 10.8. The molecule has 3 nitrogen and oxygen atoms in total. The molecule has 18 heavy (non-hydrogen) atoms. The first-order valence-corrected chi connectivity index (χ1v) is 7.25. The maximum Gasteiger partial charge on any atom is 0.308 e. The van der Waals surface area contributed by atoms with Gasteiger partial charge in [-0.2, -0.15) is 0 Å². The Labute approximate surface area is 111 Å². The predicted molar refractivity (Wildman–Crippen MR) is 72.4 cm³/mol. The van der Waals surface area contributed by atoms with Crippen molar-refractivity contribution in [1.29, 1.82) is 0 Å². The Morgan fingerprint density at radius 1 is 1.22 bits per heavy atom. The second-order valence-corrected chi connectivity index (χ2v) is 7.44. The number of hydrogen-bond donors (Lipinski definition) is 1. The summed E-state index contributed by atoms with van der Waals surface area (Å²) in [6, 6.07) is 0.593. The molecule has 0 bridgehead atoms. The topological polar surface area (TPSA) is 40.5 Å². The molecule has 1 aliphatic carbocycles. The lowest BCUT2D eigenvalue weighted by molar-refractivity contribution is -0.142. The summed E-state index contributed by atoms with van der Waals surface area (Å²) in [5, 5.41) is 9.23. The fourth-order valence-electron chi connectivity index (χ4n) is 4.20. The number of hydrogen-bond acceptors (Lipinski definition) is 2. The van der Waals surface area contributed by atoms with E-state index in [1.807, 2.05) is 0 Å². The number of carboxylic acid groups (broad SMARTS) is 1. The normalized spacial score (nSPS) is 40.9. The summed E-state index contributed by atoms with van der Waals surface area (Å²) in [4.78, 5) is 13.7. The van der Waals surface area contributed by atoms with Crippen molar-refractivity contribution >= 4 is 5.97 Å². The van der Waals surface area contributed by atoms with Crippen molar-refractivity contribution < 1.29 is 9.90 Å². The van der Waals surface area contributed by atoms with Crippen LogP contribution in [-0.4, -0.2) is 35.1 Å². The van der Waals surface area contributed by atoms with E-state index in [4.69, 9.17) is 0 Å². The zero-order valence-electron chi connectivity index (χ0n) is 12.1. The van der Waals surface area contributed by atoms with Crippen LogP contribution in [0.4, 0.5) is 0 Å². The van der Waals surface area contributed by atoms with Crippen LogP contribution in [0.1, 0.15) is 47.0 Å². The van der Waals surface area contributed by atoms with Crippen molar-refractivity contribution in [3.05, 3.63) is 0 Å². The third-order valence-electron chi connectivity index (χ3n) is 4.84. The molecule has 1 saturated carbocycles. The van der Waals surface area contributed by atoms with Crippen LogP contribution in [0.15, 0.2) is 0 Å². The van der Waals surface area contributed by atoms with Gasteiger partial charge in [-0.05, 0) is 36.5 Å². The predicted octanol–water partition coefficient (Wildman–Crippen LogP) is 2.85. The molecule has 3 heteroatoms. The Kier molecular flexibility index (Phi) is 3.72. The van der Waals surface area contributed by atoms with E-state index in [1.54, 1.807) is 0 Å². The molecule has 1 saturated heterocycles. The van der Waals surface area contributed by atoms with Gasteiger partial charge >= 0.3 is 5.97 Å². The Morgan fingerprint density at radius 2 is 1.89 bits per heavy atom. The standard InChI is InChI=1S/C15H27NO2/c1-10-5-12(7-15(3,4)6-10)16-8-11(2)13(9-16)14(17)18/h10-13H,5-9H2,1-4H3,(H,17,18)/t10?,11-,12?,13-/m1/s1. The van der Waals surface area contributed by atoms with E-state index in [-0.39, 0.29) is 5.92 Å². The van der Waals surface area contributed by atoms with E-state index >= 15 is 0 Å². The van der Waals surface area contributed by atoms with E-state index in [9.17, 15) is 9.90 Å². The van der Waals surface area contributed by atoms with Crippen molar-refractivity contribution in [3.8, 4) is 0 Å². The molecule has 104 valence electrons. The Morgan fingerprint density at radius 3 is 2.39 bits per heavy atom. The van der Waals surface area contributed by atoms with Gasteiger partial charge in [-0.1, -0.05) is 27.7 Å². The molecule has 2 aliphatic rings. The minimum Gasteiger partial charge on any atom is -0.481 e. The average molecular weight is 253 g/mol. The molecule has 2 unspecified atom stereocenters. The molecule has 0 amide bonds. The second kappa shape index (κ2) is 4.84. The van der Waals surface area contributed by atoms with Gasteiger partial charge in [0.1, 0.15) is 0 Å². The summed E-state index contributed by atoms with van der Waals surface area (Å²) in [7, 11) is 0. The van der Waals surface area contributed by atoms with Crippen molar-refractivity contribution in [3.63, 3.8) is 0 Å². The van der Waals surface area contributed by atoms with Crippen molar-refractivity contribution in [1.82, 2.24) is 4.90 Å². The first-order chi connectivity index (χ1) is 8.28. The molecular weight excluding hydrogens is 226 g/mol. The average Bonchev–Trinajstić information content (AvgIpc) is 2.57. The SMILES string of the molecule is CC1CC(N2C[C@@H](C)[C@H](C(=O)O)C2)CC(C)(C)C1. The number of carbonyl (C=O) groups is 1. The van der Waals surface area contributed by atoms with Crippen LogP contribution in [0.25, 0.3) is 0 Å². The summed E-state index contributed by atoms with van der Waals surface area (Å²) in [6.07, 6.45) is 3.76. The molecule has 1 heterocycles. The summed E-state index contributed by atoms with van der Waals surface area (Å²) in [5.74, 6) is 0.277. The van der Waals surface area contributed by atoms with Gasteiger partial charge in [0.15, 0.2) is 0 Å². The van der Waals surface area contributed by atoms with E-state index < -0.39 is 5.97 Å². The lowest BCUT2D eigenvalue weighted by Crippen LogP contribution is -2.42. The van der Waals surface area contributed by atoms with Gasteiger partial charge in [0, 0.05) is 19.1 Å². The molecule has 0 spiro atoms. The highest BCUT2D eigenvalue weighted by Gasteiger charge is 2.41. The lowest BCUT2D eigenvalue weighted by atomic mass is 9.70. The first-order valence-electron chi connectivity index (χ1n) is 7.25. The summed E-state index contributed by atoms with van der Waals surface area (Å²) >= 11 is 0. The lowest BCUT2D eigenvalue weighted by Gasteiger charge is -2.43. The Balaban J connectivity index is 2.02. The maximum atomic E-state index is 11.2. The van der Waals surface area contributed by atoms with Crippen LogP contribution >= 0.6 is 0 Å². The molecule has 1 N–H and O–H groups in total. The minimum absolute atomic E-state index is 0.162. The first kappa shape index (κ1) is 13.9. The van der Waals surface area contributed by atoms with Crippen LogP contribution in [-0.2, 0) is 4.79 Å². The largest absolute Gasteiger partial charge is 0.481 e. The summed E-state index contributed by atoms with van der Waals surface area (Å²) in [5.41, 5.74) is 0.410. The molecule has 0 aromatic heterocycles.